The van der Waals surface area contributed by atoms with Crippen molar-refractivity contribution in [1.29, 1.82) is 0 Å². The maximum atomic E-state index is 5.03. The number of fused-ring (bicyclic) bond motifs is 2. The Morgan fingerprint density at radius 3 is 2.59 bits per heavy atom. The van der Waals surface area contributed by atoms with E-state index in [2.05, 4.69) is 20.4 Å². The maximum absolute atomic E-state index is 5.03. The molecule has 2 atom stereocenters. The highest BCUT2D eigenvalue weighted by Gasteiger charge is 2.30. The van der Waals surface area contributed by atoms with Crippen molar-refractivity contribution in [2.75, 3.05) is 38.2 Å². The first-order valence-corrected chi connectivity index (χ1v) is 6.18. The molecule has 1 aromatic heterocycles. The molecule has 2 fully saturated rings. The minimum atomic E-state index is 0.577. The van der Waals surface area contributed by atoms with Gasteiger partial charge in [-0.2, -0.15) is 0 Å². The third kappa shape index (κ3) is 2.20. The van der Waals surface area contributed by atoms with Gasteiger partial charge in [0.15, 0.2) is 5.82 Å². The molecule has 2 aliphatic rings. The summed E-state index contributed by atoms with van der Waals surface area (Å²) in [6.45, 7) is 4.45. The lowest BCUT2D eigenvalue weighted by molar-refractivity contribution is 0.248. The molecule has 1 N–H and O–H groups in total. The van der Waals surface area contributed by atoms with E-state index >= 15 is 0 Å². The number of nitrogens with one attached hydrogen (secondary N) is 1. The largest absolute Gasteiger partial charge is 0.480 e. The third-order valence-electron chi connectivity index (χ3n) is 3.65. The molecule has 3 rings (SSSR count). The first kappa shape index (κ1) is 10.8. The number of piperidine rings is 2. The van der Waals surface area contributed by atoms with E-state index in [4.69, 9.17) is 4.74 Å². The van der Waals surface area contributed by atoms with Crippen molar-refractivity contribution >= 4 is 5.82 Å². The first-order valence-electron chi connectivity index (χ1n) is 6.18. The zero-order valence-corrected chi connectivity index (χ0v) is 10.1. The number of hydrogen-bond acceptors (Lipinski definition) is 5. The molecular weight excluding hydrogens is 216 g/mol. The van der Waals surface area contributed by atoms with E-state index in [1.165, 1.54) is 6.42 Å². The van der Waals surface area contributed by atoms with E-state index in [0.29, 0.717) is 5.88 Å². The molecule has 5 nitrogen and oxygen atoms in total. The summed E-state index contributed by atoms with van der Waals surface area (Å²) in [6.07, 6.45) is 1.35. The van der Waals surface area contributed by atoms with Crippen LogP contribution in [0.1, 0.15) is 6.42 Å². The Morgan fingerprint density at radius 1 is 1.24 bits per heavy atom. The van der Waals surface area contributed by atoms with E-state index in [1.807, 2.05) is 12.1 Å². The SMILES string of the molecule is COc1ccc(N2CC3CNCC(C3)C2)nn1. The van der Waals surface area contributed by atoms with E-state index < -0.39 is 0 Å². The second-order valence-electron chi connectivity index (χ2n) is 4.96. The predicted molar refractivity (Wildman–Crippen MR) is 65.3 cm³/mol. The van der Waals surface area contributed by atoms with Crippen molar-refractivity contribution in [3.8, 4) is 5.88 Å². The zero-order chi connectivity index (χ0) is 11.7. The van der Waals surface area contributed by atoms with Crippen LogP contribution in [0.2, 0.25) is 0 Å². The number of anilines is 1. The monoisotopic (exact) mass is 234 g/mol. The van der Waals surface area contributed by atoms with Crippen LogP contribution in [0.25, 0.3) is 0 Å². The number of rotatable bonds is 2. The van der Waals surface area contributed by atoms with Gasteiger partial charge in [0.05, 0.1) is 7.11 Å². The van der Waals surface area contributed by atoms with E-state index in [-0.39, 0.29) is 0 Å². The molecule has 0 saturated carbocycles. The number of aromatic nitrogens is 2. The molecule has 92 valence electrons. The molecule has 0 amide bonds. The Kier molecular flexibility index (Phi) is 2.84. The van der Waals surface area contributed by atoms with Gasteiger partial charge in [-0.3, -0.25) is 0 Å². The van der Waals surface area contributed by atoms with Crippen LogP contribution in [0.4, 0.5) is 5.82 Å². The molecule has 2 unspecified atom stereocenters. The molecular formula is C12H18N4O. The summed E-state index contributed by atoms with van der Waals surface area (Å²) in [4.78, 5) is 2.35. The van der Waals surface area contributed by atoms with Gasteiger partial charge in [0.25, 0.3) is 0 Å². The highest BCUT2D eigenvalue weighted by atomic mass is 16.5. The molecule has 3 heterocycles. The second kappa shape index (κ2) is 4.49. The second-order valence-corrected chi connectivity index (χ2v) is 4.96. The van der Waals surface area contributed by atoms with Crippen LogP contribution < -0.4 is 15.0 Å². The molecule has 2 saturated heterocycles. The molecule has 5 heteroatoms. The molecule has 17 heavy (non-hydrogen) atoms. The Bertz CT molecular complexity index is 369. The van der Waals surface area contributed by atoms with Gasteiger partial charge in [0.2, 0.25) is 5.88 Å². The average Bonchev–Trinajstić information content (AvgIpc) is 2.38. The molecule has 1 aromatic rings. The lowest BCUT2D eigenvalue weighted by Gasteiger charge is -2.42. The van der Waals surface area contributed by atoms with Crippen molar-refractivity contribution < 1.29 is 4.74 Å². The van der Waals surface area contributed by atoms with Crippen LogP contribution in [-0.2, 0) is 0 Å². The molecule has 0 aliphatic carbocycles. The Labute approximate surface area is 101 Å². The van der Waals surface area contributed by atoms with Crippen LogP contribution in [0.15, 0.2) is 12.1 Å². The van der Waals surface area contributed by atoms with Crippen LogP contribution in [0.5, 0.6) is 5.88 Å². The molecule has 2 aliphatic heterocycles. The van der Waals surface area contributed by atoms with Gasteiger partial charge in [-0.1, -0.05) is 0 Å². The lowest BCUT2D eigenvalue weighted by atomic mass is 9.86. The minimum absolute atomic E-state index is 0.577. The highest BCUT2D eigenvalue weighted by molar-refractivity contribution is 5.39. The molecule has 0 aromatic carbocycles. The first-order chi connectivity index (χ1) is 8.35. The van der Waals surface area contributed by atoms with E-state index in [9.17, 15) is 0 Å². The normalized spacial score (nSPS) is 27.9. The van der Waals surface area contributed by atoms with Crippen LogP contribution in [0, 0.1) is 11.8 Å². The highest BCUT2D eigenvalue weighted by Crippen LogP contribution is 2.27. The molecule has 0 spiro atoms. The van der Waals surface area contributed by atoms with Crippen LogP contribution in [0.3, 0.4) is 0 Å². The summed E-state index contributed by atoms with van der Waals surface area (Å²) in [7, 11) is 1.61. The maximum Gasteiger partial charge on any atom is 0.233 e. The summed E-state index contributed by atoms with van der Waals surface area (Å²) in [6, 6.07) is 3.88. The summed E-state index contributed by atoms with van der Waals surface area (Å²) >= 11 is 0. The van der Waals surface area contributed by atoms with Crippen molar-refractivity contribution in [3.63, 3.8) is 0 Å². The molecule has 0 radical (unpaired) electrons. The smallest absolute Gasteiger partial charge is 0.233 e. The lowest BCUT2D eigenvalue weighted by Crippen LogP contribution is -2.51. The summed E-state index contributed by atoms with van der Waals surface area (Å²) in [5.41, 5.74) is 0. The predicted octanol–water partition coefficient (Wildman–Crippen LogP) is 0.531. The van der Waals surface area contributed by atoms with Gasteiger partial charge in [-0.15, -0.1) is 10.2 Å². The van der Waals surface area contributed by atoms with E-state index in [0.717, 1.165) is 43.8 Å². The van der Waals surface area contributed by atoms with Gasteiger partial charge >= 0.3 is 0 Å². The van der Waals surface area contributed by atoms with Crippen LogP contribution >= 0.6 is 0 Å². The fraction of sp³-hybridized carbons (Fsp3) is 0.667. The Hall–Kier alpha value is -1.36. The summed E-state index contributed by atoms with van der Waals surface area (Å²) in [5, 5.41) is 11.8. The number of ether oxygens (including phenoxy) is 1. The van der Waals surface area contributed by atoms with Gasteiger partial charge in [0.1, 0.15) is 0 Å². The standard InChI is InChI=1S/C12H18N4O/c1-17-12-3-2-11(14-15-12)16-7-9-4-10(8-16)6-13-5-9/h2-3,9-10,13H,4-8H2,1H3. The van der Waals surface area contributed by atoms with Crippen molar-refractivity contribution in [2.24, 2.45) is 11.8 Å². The fourth-order valence-corrected chi connectivity index (χ4v) is 2.88. The fourth-order valence-electron chi connectivity index (χ4n) is 2.88. The van der Waals surface area contributed by atoms with Gasteiger partial charge in [-0.25, -0.2) is 0 Å². The van der Waals surface area contributed by atoms with Crippen molar-refractivity contribution in [3.05, 3.63) is 12.1 Å². The van der Waals surface area contributed by atoms with E-state index in [1.54, 1.807) is 7.11 Å². The quantitative estimate of drug-likeness (QED) is 0.809. The topological polar surface area (TPSA) is 50.3 Å². The van der Waals surface area contributed by atoms with Crippen molar-refractivity contribution in [2.45, 2.75) is 6.42 Å². The average molecular weight is 234 g/mol. The Morgan fingerprint density at radius 2 is 2.00 bits per heavy atom. The van der Waals surface area contributed by atoms with Gasteiger partial charge in [0, 0.05) is 19.2 Å². The van der Waals surface area contributed by atoms with Gasteiger partial charge < -0.3 is 15.0 Å². The Balaban J connectivity index is 1.74. The zero-order valence-electron chi connectivity index (χ0n) is 10.1. The summed E-state index contributed by atoms with van der Waals surface area (Å²) in [5.74, 6) is 3.06. The third-order valence-corrected chi connectivity index (χ3v) is 3.65. The molecule has 2 bridgehead atoms. The number of nitrogens with zero attached hydrogens (tertiary/aromatic N) is 3. The van der Waals surface area contributed by atoms with Gasteiger partial charge in [-0.05, 0) is 37.4 Å². The van der Waals surface area contributed by atoms with Crippen molar-refractivity contribution in [1.82, 2.24) is 15.5 Å². The summed E-state index contributed by atoms with van der Waals surface area (Å²) < 4.78 is 5.03. The number of hydrogen-bond donors (Lipinski definition) is 1. The van der Waals surface area contributed by atoms with Crippen LogP contribution in [-0.4, -0.2) is 43.5 Å². The number of methoxy groups -OCH3 is 1. The minimum Gasteiger partial charge on any atom is -0.480 e.